The minimum Gasteiger partial charge on any atom is -0.493 e. The van der Waals surface area contributed by atoms with Crippen LogP contribution in [0.1, 0.15) is 11.3 Å². The Morgan fingerprint density at radius 3 is 2.36 bits per heavy atom. The summed E-state index contributed by atoms with van der Waals surface area (Å²) in [6.45, 7) is 1.64. The second-order valence-corrected chi connectivity index (χ2v) is 7.05. The molecule has 33 heavy (non-hydrogen) atoms. The van der Waals surface area contributed by atoms with Gasteiger partial charge in [-0.2, -0.15) is 0 Å². The molecule has 2 heterocycles. The fourth-order valence-corrected chi connectivity index (χ4v) is 3.27. The van der Waals surface area contributed by atoms with Gasteiger partial charge < -0.3 is 14.6 Å². The Hall–Kier alpha value is -4.21. The summed E-state index contributed by atoms with van der Waals surface area (Å²) >= 11 is 0. The highest BCUT2D eigenvalue weighted by molar-refractivity contribution is 5.42. The van der Waals surface area contributed by atoms with Crippen molar-refractivity contribution in [3.8, 4) is 28.8 Å². The van der Waals surface area contributed by atoms with E-state index in [4.69, 9.17) is 4.74 Å². The highest BCUT2D eigenvalue weighted by Crippen LogP contribution is 2.28. The second-order valence-electron chi connectivity index (χ2n) is 7.05. The van der Waals surface area contributed by atoms with E-state index in [0.717, 1.165) is 16.7 Å². The minimum atomic E-state index is -4.83. The quantitative estimate of drug-likeness (QED) is 0.451. The van der Waals surface area contributed by atoms with Crippen LogP contribution in [0.25, 0.3) is 5.69 Å². The molecule has 0 unspecified atom stereocenters. The molecule has 4 aromatic rings. The molecular weight excluding hydrogens is 439 g/mol. The zero-order valence-electron chi connectivity index (χ0n) is 17.3. The van der Waals surface area contributed by atoms with Crippen molar-refractivity contribution in [3.63, 3.8) is 0 Å². The first-order valence-corrected chi connectivity index (χ1v) is 9.76. The topological polar surface area (TPSA) is 78.5 Å². The summed E-state index contributed by atoms with van der Waals surface area (Å²) in [5.74, 6) is 0.270. The predicted octanol–water partition coefficient (Wildman–Crippen LogP) is 4.79. The standard InChI is InChI=1S/C23H18F3N3O4/c1-15-21(30)29(17-7-9-19(10-8-17)33-23(24,25)26)22(31)28(15)14-16-11-12-27-13-20(16)32-18-5-3-2-4-6-18/h2-13,30H,14H2,1H3. The summed E-state index contributed by atoms with van der Waals surface area (Å²) < 4.78 is 49.2. The van der Waals surface area contributed by atoms with Gasteiger partial charge in [-0.05, 0) is 49.4 Å². The van der Waals surface area contributed by atoms with E-state index in [0.29, 0.717) is 17.1 Å². The molecular formula is C23H18F3N3O4. The lowest BCUT2D eigenvalue weighted by Crippen LogP contribution is -2.24. The number of nitrogens with zero attached hydrogens (tertiary/aromatic N) is 3. The predicted molar refractivity (Wildman–Crippen MR) is 113 cm³/mol. The number of aromatic hydroxyl groups is 1. The van der Waals surface area contributed by atoms with Crippen LogP contribution >= 0.6 is 0 Å². The van der Waals surface area contributed by atoms with Gasteiger partial charge in [0.25, 0.3) is 0 Å². The first-order valence-electron chi connectivity index (χ1n) is 9.76. The zero-order valence-corrected chi connectivity index (χ0v) is 17.3. The zero-order chi connectivity index (χ0) is 23.6. The number of hydrogen-bond acceptors (Lipinski definition) is 5. The highest BCUT2D eigenvalue weighted by atomic mass is 19.4. The first-order chi connectivity index (χ1) is 15.7. The van der Waals surface area contributed by atoms with Gasteiger partial charge in [0.15, 0.2) is 5.75 Å². The lowest BCUT2D eigenvalue weighted by atomic mass is 10.2. The number of para-hydroxylation sites is 1. The Morgan fingerprint density at radius 2 is 1.70 bits per heavy atom. The van der Waals surface area contributed by atoms with Gasteiger partial charge in [-0.3, -0.25) is 9.55 Å². The molecule has 0 radical (unpaired) electrons. The third kappa shape index (κ3) is 4.84. The summed E-state index contributed by atoms with van der Waals surface area (Å²) in [5, 5.41) is 10.6. The molecule has 4 rings (SSSR count). The Morgan fingerprint density at radius 1 is 1.00 bits per heavy atom. The lowest BCUT2D eigenvalue weighted by molar-refractivity contribution is -0.274. The van der Waals surface area contributed by atoms with Crippen molar-refractivity contribution in [2.75, 3.05) is 0 Å². The Labute approximate surface area is 185 Å². The van der Waals surface area contributed by atoms with Crippen LogP contribution in [0, 0.1) is 6.92 Å². The summed E-state index contributed by atoms with van der Waals surface area (Å²) in [7, 11) is 0. The summed E-state index contributed by atoms with van der Waals surface area (Å²) in [6.07, 6.45) is -1.74. The number of benzene rings is 2. The van der Waals surface area contributed by atoms with Gasteiger partial charge in [0.05, 0.1) is 24.1 Å². The normalized spacial score (nSPS) is 11.4. The van der Waals surface area contributed by atoms with E-state index in [9.17, 15) is 23.1 Å². The lowest BCUT2D eigenvalue weighted by Gasteiger charge is -2.11. The summed E-state index contributed by atoms with van der Waals surface area (Å²) in [5.41, 5.74) is 0.532. The van der Waals surface area contributed by atoms with Crippen LogP contribution in [-0.4, -0.2) is 25.6 Å². The molecule has 0 amide bonds. The van der Waals surface area contributed by atoms with E-state index in [1.165, 1.54) is 22.9 Å². The molecule has 2 aromatic carbocycles. The minimum absolute atomic E-state index is 0.0746. The molecule has 0 saturated carbocycles. The largest absolute Gasteiger partial charge is 0.573 e. The molecule has 0 saturated heterocycles. The Bertz CT molecular complexity index is 1310. The number of alkyl halides is 3. The van der Waals surface area contributed by atoms with Crippen molar-refractivity contribution in [3.05, 3.63) is 94.8 Å². The van der Waals surface area contributed by atoms with Gasteiger partial charge in [0, 0.05) is 11.8 Å². The Kier molecular flexibility index (Phi) is 5.82. The number of hydrogen-bond donors (Lipinski definition) is 1. The maximum absolute atomic E-state index is 13.1. The van der Waals surface area contributed by atoms with Gasteiger partial charge in [-0.25, -0.2) is 9.36 Å². The van der Waals surface area contributed by atoms with Crippen molar-refractivity contribution in [2.24, 2.45) is 0 Å². The number of imidazole rings is 1. The molecule has 0 fully saturated rings. The number of rotatable bonds is 6. The van der Waals surface area contributed by atoms with E-state index in [1.807, 2.05) is 18.2 Å². The maximum Gasteiger partial charge on any atom is 0.573 e. The monoisotopic (exact) mass is 457 g/mol. The molecule has 2 aromatic heterocycles. The number of halogens is 3. The first kappa shape index (κ1) is 22.0. The van der Waals surface area contributed by atoms with Gasteiger partial charge in [-0.1, -0.05) is 18.2 Å². The van der Waals surface area contributed by atoms with Crippen LogP contribution in [0.4, 0.5) is 13.2 Å². The van der Waals surface area contributed by atoms with E-state index in [2.05, 4.69) is 9.72 Å². The van der Waals surface area contributed by atoms with Crippen molar-refractivity contribution in [2.45, 2.75) is 19.8 Å². The van der Waals surface area contributed by atoms with Crippen LogP contribution in [0.15, 0.2) is 77.9 Å². The molecule has 170 valence electrons. The molecule has 7 nitrogen and oxygen atoms in total. The van der Waals surface area contributed by atoms with Crippen molar-refractivity contribution >= 4 is 0 Å². The van der Waals surface area contributed by atoms with Gasteiger partial charge in [0.1, 0.15) is 11.5 Å². The molecule has 0 atom stereocenters. The molecule has 1 N–H and O–H groups in total. The van der Waals surface area contributed by atoms with Crippen LogP contribution < -0.4 is 15.2 Å². The second kappa shape index (κ2) is 8.73. The average Bonchev–Trinajstić information content (AvgIpc) is 2.98. The van der Waals surface area contributed by atoms with Crippen LogP contribution in [0.3, 0.4) is 0 Å². The fraction of sp³-hybridized carbons (Fsp3) is 0.130. The van der Waals surface area contributed by atoms with Gasteiger partial charge in [0.2, 0.25) is 5.88 Å². The number of ether oxygens (including phenoxy) is 2. The molecule has 10 heteroatoms. The van der Waals surface area contributed by atoms with E-state index < -0.39 is 17.8 Å². The molecule has 0 aliphatic rings. The molecule has 0 spiro atoms. The summed E-state index contributed by atoms with van der Waals surface area (Å²) in [6, 6.07) is 15.4. The Balaban J connectivity index is 1.66. The smallest absolute Gasteiger partial charge is 0.493 e. The van der Waals surface area contributed by atoms with Crippen molar-refractivity contribution in [1.82, 2.24) is 14.1 Å². The number of pyridine rings is 1. The van der Waals surface area contributed by atoms with E-state index >= 15 is 0 Å². The third-order valence-corrected chi connectivity index (χ3v) is 4.86. The van der Waals surface area contributed by atoms with E-state index in [-0.39, 0.29) is 23.8 Å². The van der Waals surface area contributed by atoms with Crippen molar-refractivity contribution in [1.29, 1.82) is 0 Å². The average molecular weight is 457 g/mol. The van der Waals surface area contributed by atoms with E-state index in [1.54, 1.807) is 31.3 Å². The third-order valence-electron chi connectivity index (χ3n) is 4.86. The molecule has 0 aliphatic carbocycles. The van der Waals surface area contributed by atoms with Crippen molar-refractivity contribution < 1.29 is 27.8 Å². The fourth-order valence-electron chi connectivity index (χ4n) is 3.27. The summed E-state index contributed by atoms with van der Waals surface area (Å²) in [4.78, 5) is 17.2. The number of aromatic nitrogens is 3. The van der Waals surface area contributed by atoms with Crippen LogP contribution in [-0.2, 0) is 6.54 Å². The highest BCUT2D eigenvalue weighted by Gasteiger charge is 2.31. The molecule has 0 aliphatic heterocycles. The molecule has 0 bridgehead atoms. The van der Waals surface area contributed by atoms with Gasteiger partial charge >= 0.3 is 12.1 Å². The van der Waals surface area contributed by atoms with Gasteiger partial charge in [-0.15, -0.1) is 13.2 Å². The maximum atomic E-state index is 13.1. The SMILES string of the molecule is Cc1c(O)n(-c2ccc(OC(F)(F)F)cc2)c(=O)n1Cc1ccncc1Oc1ccccc1. The van der Waals surface area contributed by atoms with Crippen LogP contribution in [0.5, 0.6) is 23.1 Å². The van der Waals surface area contributed by atoms with Crippen LogP contribution in [0.2, 0.25) is 0 Å².